The Morgan fingerprint density at radius 1 is 1.47 bits per heavy atom. The van der Waals surface area contributed by atoms with Gasteiger partial charge in [0.1, 0.15) is 0 Å². The summed E-state index contributed by atoms with van der Waals surface area (Å²) in [5, 5.41) is 14.8. The zero-order chi connectivity index (χ0) is 13.9. The van der Waals surface area contributed by atoms with Gasteiger partial charge in [0, 0.05) is 19.6 Å². The second-order valence-electron chi connectivity index (χ2n) is 5.57. The van der Waals surface area contributed by atoms with E-state index in [0.717, 1.165) is 32.4 Å². The summed E-state index contributed by atoms with van der Waals surface area (Å²) in [6.07, 6.45) is 2.55. The summed E-state index contributed by atoms with van der Waals surface area (Å²) in [7, 11) is 1.46. The van der Waals surface area contributed by atoms with Crippen LogP contribution in [0.15, 0.2) is 0 Å². The molecule has 2 atom stereocenters. The fraction of sp³-hybridized carbons (Fsp3) is 0.846. The first-order chi connectivity index (χ1) is 9.07. The highest BCUT2D eigenvalue weighted by molar-refractivity contribution is 5.82. The zero-order valence-electron chi connectivity index (χ0n) is 11.3. The van der Waals surface area contributed by atoms with Crippen molar-refractivity contribution in [1.82, 2.24) is 10.6 Å². The molecule has 1 aliphatic carbocycles. The first kappa shape index (κ1) is 14.3. The van der Waals surface area contributed by atoms with Crippen LogP contribution in [-0.2, 0) is 14.3 Å². The number of rotatable bonds is 6. The third-order valence-corrected chi connectivity index (χ3v) is 4.35. The molecular weight excluding hydrogens is 248 g/mol. The number of ether oxygens (including phenoxy) is 1. The van der Waals surface area contributed by atoms with Gasteiger partial charge < -0.3 is 20.5 Å². The lowest BCUT2D eigenvalue weighted by Crippen LogP contribution is -2.37. The number of carbonyl (C=O) groups is 2. The van der Waals surface area contributed by atoms with E-state index in [-0.39, 0.29) is 30.2 Å². The molecule has 0 aromatic carbocycles. The number of carboxylic acid groups (broad SMARTS) is 1. The van der Waals surface area contributed by atoms with E-state index in [4.69, 9.17) is 9.84 Å². The van der Waals surface area contributed by atoms with Crippen LogP contribution in [-0.4, -0.2) is 49.8 Å². The molecule has 2 unspecified atom stereocenters. The maximum Gasteiger partial charge on any atom is 0.306 e. The van der Waals surface area contributed by atoms with Gasteiger partial charge in [-0.05, 0) is 37.8 Å². The second-order valence-corrected chi connectivity index (χ2v) is 5.57. The van der Waals surface area contributed by atoms with Gasteiger partial charge in [0.2, 0.25) is 5.91 Å². The summed E-state index contributed by atoms with van der Waals surface area (Å²) in [5.41, 5.74) is 0.213. The van der Waals surface area contributed by atoms with Crippen LogP contribution in [0, 0.1) is 11.3 Å². The second kappa shape index (κ2) is 5.88. The number of hydrogen-bond donors (Lipinski definition) is 3. The molecule has 0 aromatic heterocycles. The van der Waals surface area contributed by atoms with Crippen molar-refractivity contribution in [2.24, 2.45) is 11.3 Å². The molecule has 19 heavy (non-hydrogen) atoms. The van der Waals surface area contributed by atoms with Crippen molar-refractivity contribution in [3.63, 3.8) is 0 Å². The van der Waals surface area contributed by atoms with Crippen LogP contribution in [0.1, 0.15) is 25.7 Å². The standard InChI is InChI=1S/C13H22N2O4/c1-19-9(6-11(16)17)8-15-12(18)10-7-13(10)2-4-14-5-3-13/h9-10,14H,2-8H2,1H3,(H,15,18)(H,16,17). The fourth-order valence-electron chi connectivity index (χ4n) is 2.97. The van der Waals surface area contributed by atoms with E-state index in [0.29, 0.717) is 0 Å². The number of piperidine rings is 1. The predicted octanol–water partition coefficient (Wildman–Crippen LogP) is -0.0180. The van der Waals surface area contributed by atoms with E-state index in [2.05, 4.69) is 10.6 Å². The molecule has 0 bridgehead atoms. The number of methoxy groups -OCH3 is 1. The fourth-order valence-corrected chi connectivity index (χ4v) is 2.97. The monoisotopic (exact) mass is 270 g/mol. The van der Waals surface area contributed by atoms with Crippen LogP contribution in [0.2, 0.25) is 0 Å². The smallest absolute Gasteiger partial charge is 0.306 e. The minimum absolute atomic E-state index is 0.0503. The molecule has 1 saturated heterocycles. The SMILES string of the molecule is COC(CNC(=O)C1CC12CCNCC2)CC(=O)O. The predicted molar refractivity (Wildman–Crippen MR) is 68.7 cm³/mol. The average molecular weight is 270 g/mol. The number of aliphatic carboxylic acids is 1. The van der Waals surface area contributed by atoms with Gasteiger partial charge in [-0.1, -0.05) is 0 Å². The normalized spacial score (nSPS) is 25.8. The van der Waals surface area contributed by atoms with Crippen molar-refractivity contribution in [2.45, 2.75) is 31.8 Å². The summed E-state index contributed by atoms with van der Waals surface area (Å²) < 4.78 is 5.04. The molecular formula is C13H22N2O4. The lowest BCUT2D eigenvalue weighted by atomic mass is 9.92. The molecule has 108 valence electrons. The van der Waals surface area contributed by atoms with Crippen molar-refractivity contribution in [3.05, 3.63) is 0 Å². The van der Waals surface area contributed by atoms with Crippen LogP contribution in [0.4, 0.5) is 0 Å². The van der Waals surface area contributed by atoms with Crippen LogP contribution in [0.5, 0.6) is 0 Å². The first-order valence-electron chi connectivity index (χ1n) is 6.80. The van der Waals surface area contributed by atoms with Crippen molar-refractivity contribution in [3.8, 4) is 0 Å². The summed E-state index contributed by atoms with van der Waals surface area (Å²) in [4.78, 5) is 22.7. The molecule has 0 aromatic rings. The highest BCUT2D eigenvalue weighted by Crippen LogP contribution is 2.58. The van der Waals surface area contributed by atoms with E-state index in [1.165, 1.54) is 7.11 Å². The van der Waals surface area contributed by atoms with Gasteiger partial charge in [-0.15, -0.1) is 0 Å². The Hall–Kier alpha value is -1.14. The molecule has 2 rings (SSSR count). The Morgan fingerprint density at radius 3 is 2.74 bits per heavy atom. The van der Waals surface area contributed by atoms with Crippen LogP contribution < -0.4 is 10.6 Å². The molecule has 1 heterocycles. The molecule has 1 saturated carbocycles. The van der Waals surface area contributed by atoms with Crippen LogP contribution >= 0.6 is 0 Å². The molecule has 2 fully saturated rings. The lowest BCUT2D eigenvalue weighted by molar-refractivity contribution is -0.140. The minimum atomic E-state index is -0.914. The van der Waals surface area contributed by atoms with Gasteiger partial charge in [-0.2, -0.15) is 0 Å². The number of carboxylic acids is 1. The van der Waals surface area contributed by atoms with Gasteiger partial charge in [0.25, 0.3) is 0 Å². The Balaban J connectivity index is 1.74. The van der Waals surface area contributed by atoms with Crippen molar-refractivity contribution in [2.75, 3.05) is 26.7 Å². The largest absolute Gasteiger partial charge is 0.481 e. The van der Waals surface area contributed by atoms with Gasteiger partial charge >= 0.3 is 5.97 Å². The molecule has 6 nitrogen and oxygen atoms in total. The number of amides is 1. The van der Waals surface area contributed by atoms with Crippen molar-refractivity contribution < 1.29 is 19.4 Å². The molecule has 2 aliphatic rings. The number of carbonyl (C=O) groups excluding carboxylic acids is 1. The van der Waals surface area contributed by atoms with E-state index >= 15 is 0 Å². The van der Waals surface area contributed by atoms with Gasteiger partial charge in [0.15, 0.2) is 0 Å². The third kappa shape index (κ3) is 3.45. The topological polar surface area (TPSA) is 87.7 Å². The lowest BCUT2D eigenvalue weighted by Gasteiger charge is -2.23. The summed E-state index contributed by atoms with van der Waals surface area (Å²) in [5.74, 6) is -0.756. The van der Waals surface area contributed by atoms with E-state index in [1.807, 2.05) is 0 Å². The van der Waals surface area contributed by atoms with E-state index < -0.39 is 12.1 Å². The van der Waals surface area contributed by atoms with Crippen molar-refractivity contribution in [1.29, 1.82) is 0 Å². The maximum absolute atomic E-state index is 12.1. The van der Waals surface area contributed by atoms with Crippen LogP contribution in [0.25, 0.3) is 0 Å². The maximum atomic E-state index is 12.1. The Morgan fingerprint density at radius 2 is 2.16 bits per heavy atom. The van der Waals surface area contributed by atoms with Gasteiger partial charge in [0.05, 0.1) is 12.5 Å². The molecule has 1 aliphatic heterocycles. The Labute approximate surface area is 112 Å². The molecule has 3 N–H and O–H groups in total. The average Bonchev–Trinajstić information content (AvgIpc) is 3.08. The summed E-state index contributed by atoms with van der Waals surface area (Å²) >= 11 is 0. The zero-order valence-corrected chi connectivity index (χ0v) is 11.3. The minimum Gasteiger partial charge on any atom is -0.481 e. The van der Waals surface area contributed by atoms with Crippen LogP contribution in [0.3, 0.4) is 0 Å². The number of hydrogen-bond acceptors (Lipinski definition) is 4. The quantitative estimate of drug-likeness (QED) is 0.631. The van der Waals surface area contributed by atoms with Gasteiger partial charge in [-0.3, -0.25) is 9.59 Å². The van der Waals surface area contributed by atoms with E-state index in [1.54, 1.807) is 0 Å². The van der Waals surface area contributed by atoms with Gasteiger partial charge in [-0.25, -0.2) is 0 Å². The summed E-state index contributed by atoms with van der Waals surface area (Å²) in [6, 6.07) is 0. The van der Waals surface area contributed by atoms with E-state index in [9.17, 15) is 9.59 Å². The molecule has 1 spiro atoms. The van der Waals surface area contributed by atoms with Crippen molar-refractivity contribution >= 4 is 11.9 Å². The Bertz CT molecular complexity index is 353. The molecule has 6 heteroatoms. The Kier molecular flexibility index (Phi) is 4.42. The first-order valence-corrected chi connectivity index (χ1v) is 6.80. The number of nitrogens with one attached hydrogen (secondary N) is 2. The molecule has 1 amide bonds. The highest BCUT2D eigenvalue weighted by Gasteiger charge is 2.57. The highest BCUT2D eigenvalue weighted by atomic mass is 16.5. The summed E-state index contributed by atoms with van der Waals surface area (Å²) in [6.45, 7) is 2.25. The molecule has 0 radical (unpaired) electrons. The third-order valence-electron chi connectivity index (χ3n) is 4.35.